The lowest BCUT2D eigenvalue weighted by atomic mass is 10.1. The molecule has 202 valence electrons. The third kappa shape index (κ3) is 6.45. The number of para-hydroxylation sites is 2. The van der Waals surface area contributed by atoms with Crippen molar-refractivity contribution < 1.29 is 22.7 Å². The number of piperazine rings is 1. The molecule has 1 aliphatic heterocycles. The van der Waals surface area contributed by atoms with Crippen LogP contribution in [-0.2, 0) is 19.6 Å². The van der Waals surface area contributed by atoms with Crippen molar-refractivity contribution in [2.75, 3.05) is 62.1 Å². The number of carbonyl (C=O) groups is 1. The smallest absolute Gasteiger partial charge is 0.250 e. The van der Waals surface area contributed by atoms with Gasteiger partial charge in [0.2, 0.25) is 15.9 Å². The van der Waals surface area contributed by atoms with Crippen LogP contribution in [0.25, 0.3) is 0 Å². The van der Waals surface area contributed by atoms with E-state index in [0.717, 1.165) is 17.0 Å². The zero-order valence-corrected chi connectivity index (χ0v) is 22.7. The molecule has 1 unspecified atom stereocenters. The van der Waals surface area contributed by atoms with Crippen LogP contribution in [-0.4, -0.2) is 61.3 Å². The molecule has 2 N–H and O–H groups in total. The minimum absolute atomic E-state index is 0.112. The monoisotopic (exact) mass is 538 g/mol. The van der Waals surface area contributed by atoms with E-state index in [4.69, 9.17) is 9.47 Å². The number of sulfonamides is 1. The van der Waals surface area contributed by atoms with Gasteiger partial charge in [0, 0.05) is 45.0 Å². The van der Waals surface area contributed by atoms with E-state index < -0.39 is 16.1 Å². The van der Waals surface area contributed by atoms with E-state index in [1.807, 2.05) is 61.5 Å². The Balaban J connectivity index is 1.61. The van der Waals surface area contributed by atoms with Gasteiger partial charge in [-0.2, -0.15) is 0 Å². The van der Waals surface area contributed by atoms with Crippen LogP contribution in [0.15, 0.2) is 77.7 Å². The topological polar surface area (TPSA) is 100 Å². The molecule has 0 saturated carbocycles. The molecule has 38 heavy (non-hydrogen) atoms. The largest absolute Gasteiger partial charge is 0.495 e. The normalized spacial score (nSPS) is 14.7. The number of hydrogen-bond acceptors (Lipinski definition) is 7. The third-order valence-electron chi connectivity index (χ3n) is 6.49. The number of anilines is 3. The highest BCUT2D eigenvalue weighted by atomic mass is 32.2. The maximum absolute atomic E-state index is 13.7. The molecule has 1 heterocycles. The SMILES string of the molecule is COCC(=O)Nc1ccc(N2CCN(c3ccccc3OC)CC2)c(S(=O)(=O)NC(C)c2ccccc2)c1. The van der Waals surface area contributed by atoms with E-state index in [1.165, 1.54) is 13.2 Å². The molecule has 3 aromatic carbocycles. The highest BCUT2D eigenvalue weighted by Crippen LogP contribution is 2.33. The molecule has 1 aliphatic rings. The summed E-state index contributed by atoms with van der Waals surface area (Å²) in [5, 5.41) is 2.71. The van der Waals surface area contributed by atoms with Gasteiger partial charge in [-0.25, -0.2) is 13.1 Å². The van der Waals surface area contributed by atoms with Crippen LogP contribution >= 0.6 is 0 Å². The molecule has 10 heteroatoms. The van der Waals surface area contributed by atoms with Gasteiger partial charge < -0.3 is 24.6 Å². The summed E-state index contributed by atoms with van der Waals surface area (Å²) in [5.41, 5.74) is 2.84. The number of hydrogen-bond donors (Lipinski definition) is 2. The first kappa shape index (κ1) is 27.4. The molecule has 1 fully saturated rings. The lowest BCUT2D eigenvalue weighted by Gasteiger charge is -2.38. The van der Waals surface area contributed by atoms with Gasteiger partial charge in [-0.15, -0.1) is 0 Å². The Hall–Kier alpha value is -3.60. The number of ether oxygens (including phenoxy) is 2. The van der Waals surface area contributed by atoms with Crippen LogP contribution in [0.4, 0.5) is 17.1 Å². The van der Waals surface area contributed by atoms with Crippen LogP contribution in [0.1, 0.15) is 18.5 Å². The number of methoxy groups -OCH3 is 2. The van der Waals surface area contributed by atoms with Gasteiger partial charge in [-0.3, -0.25) is 4.79 Å². The van der Waals surface area contributed by atoms with E-state index in [1.54, 1.807) is 19.2 Å². The molecular weight excluding hydrogens is 504 g/mol. The van der Waals surface area contributed by atoms with Crippen molar-refractivity contribution in [3.05, 3.63) is 78.4 Å². The van der Waals surface area contributed by atoms with E-state index in [-0.39, 0.29) is 17.4 Å². The summed E-state index contributed by atoms with van der Waals surface area (Å²) < 4.78 is 40.6. The first-order valence-corrected chi connectivity index (χ1v) is 13.9. The average molecular weight is 539 g/mol. The number of nitrogens with zero attached hydrogens (tertiary/aromatic N) is 2. The second-order valence-electron chi connectivity index (χ2n) is 9.06. The summed E-state index contributed by atoms with van der Waals surface area (Å²) in [7, 11) is -0.858. The van der Waals surface area contributed by atoms with Crippen LogP contribution in [0.2, 0.25) is 0 Å². The molecule has 0 aromatic heterocycles. The fourth-order valence-electron chi connectivity index (χ4n) is 4.58. The molecule has 1 saturated heterocycles. The summed E-state index contributed by atoms with van der Waals surface area (Å²) in [6.07, 6.45) is 0. The average Bonchev–Trinajstić information content (AvgIpc) is 2.93. The lowest BCUT2D eigenvalue weighted by Crippen LogP contribution is -2.47. The number of benzene rings is 3. The number of rotatable bonds is 10. The van der Waals surface area contributed by atoms with Gasteiger partial charge in [0.15, 0.2) is 0 Å². The predicted molar refractivity (Wildman–Crippen MR) is 150 cm³/mol. The Morgan fingerprint density at radius 3 is 2.18 bits per heavy atom. The Bertz CT molecular complexity index is 1340. The van der Waals surface area contributed by atoms with Gasteiger partial charge in [-0.05, 0) is 42.8 Å². The molecule has 3 aromatic rings. The van der Waals surface area contributed by atoms with Crippen molar-refractivity contribution in [1.29, 1.82) is 0 Å². The Morgan fingerprint density at radius 2 is 1.53 bits per heavy atom. The van der Waals surface area contributed by atoms with E-state index >= 15 is 0 Å². The molecule has 4 rings (SSSR count). The molecule has 1 atom stereocenters. The highest BCUT2D eigenvalue weighted by Gasteiger charge is 2.28. The summed E-state index contributed by atoms with van der Waals surface area (Å²) in [5.74, 6) is 0.444. The summed E-state index contributed by atoms with van der Waals surface area (Å²) in [4.78, 5) is 16.5. The highest BCUT2D eigenvalue weighted by molar-refractivity contribution is 7.89. The van der Waals surface area contributed by atoms with Crippen molar-refractivity contribution in [3.63, 3.8) is 0 Å². The van der Waals surface area contributed by atoms with Crippen molar-refractivity contribution >= 4 is 33.0 Å². The second-order valence-corrected chi connectivity index (χ2v) is 10.7. The fraction of sp³-hybridized carbons (Fsp3) is 0.321. The van der Waals surface area contributed by atoms with E-state index in [2.05, 4.69) is 19.8 Å². The van der Waals surface area contributed by atoms with Crippen LogP contribution in [0.3, 0.4) is 0 Å². The molecule has 0 bridgehead atoms. The van der Waals surface area contributed by atoms with Crippen LogP contribution < -0.4 is 24.6 Å². The number of amides is 1. The predicted octanol–water partition coefficient (Wildman–Crippen LogP) is 3.65. The Labute approximate surface area is 224 Å². The molecule has 0 aliphatic carbocycles. The van der Waals surface area contributed by atoms with Gasteiger partial charge in [0.25, 0.3) is 0 Å². The van der Waals surface area contributed by atoms with Crippen molar-refractivity contribution in [2.45, 2.75) is 17.9 Å². The first-order chi connectivity index (χ1) is 18.3. The zero-order chi connectivity index (χ0) is 27.1. The summed E-state index contributed by atoms with van der Waals surface area (Å²) in [6.45, 7) is 4.30. The molecule has 9 nitrogen and oxygen atoms in total. The Morgan fingerprint density at radius 1 is 0.895 bits per heavy atom. The van der Waals surface area contributed by atoms with E-state index in [0.29, 0.717) is 37.6 Å². The maximum atomic E-state index is 13.7. The minimum Gasteiger partial charge on any atom is -0.495 e. The van der Waals surface area contributed by atoms with Crippen molar-refractivity contribution in [1.82, 2.24) is 4.72 Å². The van der Waals surface area contributed by atoms with Crippen LogP contribution in [0, 0.1) is 0 Å². The first-order valence-electron chi connectivity index (χ1n) is 12.5. The third-order valence-corrected chi connectivity index (χ3v) is 8.06. The minimum atomic E-state index is -3.94. The number of carbonyl (C=O) groups excluding carboxylic acids is 1. The van der Waals surface area contributed by atoms with Gasteiger partial charge >= 0.3 is 0 Å². The summed E-state index contributed by atoms with van der Waals surface area (Å²) >= 11 is 0. The second kappa shape index (κ2) is 12.3. The maximum Gasteiger partial charge on any atom is 0.250 e. The summed E-state index contributed by atoms with van der Waals surface area (Å²) in [6, 6.07) is 21.8. The van der Waals surface area contributed by atoms with Gasteiger partial charge in [-0.1, -0.05) is 42.5 Å². The zero-order valence-electron chi connectivity index (χ0n) is 21.9. The van der Waals surface area contributed by atoms with Gasteiger partial charge in [0.1, 0.15) is 17.3 Å². The fourth-order valence-corrected chi connectivity index (χ4v) is 6.06. The Kier molecular flexibility index (Phi) is 8.88. The standard InChI is InChI=1S/C28H34N4O5S/c1-21(22-9-5-4-6-10-22)30-38(34,35)27-19-23(29-28(33)20-36-2)13-14-25(27)32-17-15-31(16-18-32)24-11-7-8-12-26(24)37-3/h4-14,19,21,30H,15-18,20H2,1-3H3,(H,29,33). The van der Waals surface area contributed by atoms with Crippen molar-refractivity contribution in [2.24, 2.45) is 0 Å². The quantitative estimate of drug-likeness (QED) is 0.407. The molecule has 1 amide bonds. The number of nitrogens with one attached hydrogen (secondary N) is 2. The lowest BCUT2D eigenvalue weighted by molar-refractivity contribution is -0.119. The molecular formula is C28H34N4O5S. The van der Waals surface area contributed by atoms with Crippen LogP contribution in [0.5, 0.6) is 5.75 Å². The molecule has 0 radical (unpaired) electrons. The van der Waals surface area contributed by atoms with Crippen molar-refractivity contribution in [3.8, 4) is 5.75 Å². The molecule has 0 spiro atoms. The van der Waals surface area contributed by atoms with Gasteiger partial charge in [0.05, 0.1) is 18.5 Å². The van der Waals surface area contributed by atoms with E-state index in [9.17, 15) is 13.2 Å².